The normalized spacial score (nSPS) is 19.1. The molecule has 1 atom stereocenters. The van der Waals surface area contributed by atoms with Crippen LogP contribution < -0.4 is 10.5 Å². The second-order valence-electron chi connectivity index (χ2n) is 8.52. The van der Waals surface area contributed by atoms with Gasteiger partial charge in [0, 0.05) is 35.2 Å². The first-order chi connectivity index (χ1) is 15.1. The zero-order valence-corrected chi connectivity index (χ0v) is 18.7. The summed E-state index contributed by atoms with van der Waals surface area (Å²) in [5.41, 5.74) is 2.21. The van der Waals surface area contributed by atoms with E-state index >= 15 is 0 Å². The van der Waals surface area contributed by atoms with Gasteiger partial charge in [0.05, 0.1) is 16.6 Å². The Bertz CT molecular complexity index is 1200. The summed E-state index contributed by atoms with van der Waals surface area (Å²) in [5.74, 6) is 0.824. The van der Waals surface area contributed by atoms with Gasteiger partial charge in [-0.2, -0.15) is 0 Å². The highest BCUT2D eigenvalue weighted by Gasteiger charge is 2.25. The van der Waals surface area contributed by atoms with Crippen molar-refractivity contribution in [3.05, 3.63) is 64.2 Å². The van der Waals surface area contributed by atoms with Crippen LogP contribution in [0, 0.1) is 0 Å². The van der Waals surface area contributed by atoms with E-state index in [0.29, 0.717) is 28.3 Å². The summed E-state index contributed by atoms with van der Waals surface area (Å²) in [6.45, 7) is 3.62. The molecule has 0 saturated heterocycles. The lowest BCUT2D eigenvalue weighted by Gasteiger charge is -2.23. The molecule has 0 bridgehead atoms. The number of anilines is 1. The minimum Gasteiger partial charge on any atom is -0.307 e. The molecule has 160 valence electrons. The second kappa shape index (κ2) is 8.50. The number of fused-ring (bicyclic) bond motifs is 3. The van der Waals surface area contributed by atoms with Crippen LogP contribution >= 0.6 is 11.8 Å². The summed E-state index contributed by atoms with van der Waals surface area (Å²) in [7, 11) is 0. The first-order valence-corrected chi connectivity index (χ1v) is 12.1. The van der Waals surface area contributed by atoms with Gasteiger partial charge in [-0.1, -0.05) is 31.9 Å². The molecule has 3 heterocycles. The van der Waals surface area contributed by atoms with Crippen LogP contribution in [0.4, 0.5) is 5.69 Å². The van der Waals surface area contributed by atoms with Crippen LogP contribution in [0.15, 0.2) is 52.2 Å². The zero-order valence-electron chi connectivity index (χ0n) is 17.8. The molecule has 0 saturated carbocycles. The standard InChI is InChI=1S/C25H27N3O2S/c1-17-13-15-27(21-8-5-6-9-22(21)31-17)24(29)18-11-12-19-20(16-18)26-23-10-4-2-3-7-14-28(23)25(19)30/h5-6,8-9,11-12,16-17H,2-4,7,10,13-15H2,1H3. The fourth-order valence-electron chi connectivity index (χ4n) is 4.58. The van der Waals surface area contributed by atoms with E-state index in [1.54, 1.807) is 12.1 Å². The summed E-state index contributed by atoms with van der Waals surface area (Å²) in [6.07, 6.45) is 6.16. The van der Waals surface area contributed by atoms with Crippen LogP contribution in [0.5, 0.6) is 0 Å². The van der Waals surface area contributed by atoms with E-state index in [1.807, 2.05) is 45.5 Å². The number of aromatic nitrogens is 2. The van der Waals surface area contributed by atoms with Gasteiger partial charge in [0.1, 0.15) is 5.82 Å². The SMILES string of the molecule is CC1CCN(C(=O)c2ccc3c(=O)n4c(nc3c2)CCCCCC4)c2ccccc2S1. The molecule has 2 aromatic carbocycles. The highest BCUT2D eigenvalue weighted by atomic mass is 32.2. The van der Waals surface area contributed by atoms with Gasteiger partial charge in [-0.3, -0.25) is 14.2 Å². The topological polar surface area (TPSA) is 55.2 Å². The van der Waals surface area contributed by atoms with Crippen LogP contribution in [-0.4, -0.2) is 27.3 Å². The number of hydrogen-bond donors (Lipinski definition) is 0. The summed E-state index contributed by atoms with van der Waals surface area (Å²) < 4.78 is 1.84. The molecule has 0 fully saturated rings. The Morgan fingerprint density at radius 1 is 1.06 bits per heavy atom. The van der Waals surface area contributed by atoms with Gasteiger partial charge in [0.2, 0.25) is 0 Å². The van der Waals surface area contributed by atoms with Crippen LogP contribution in [0.25, 0.3) is 10.9 Å². The molecular formula is C25H27N3O2S. The summed E-state index contributed by atoms with van der Waals surface area (Å²) in [6, 6.07) is 13.5. The molecule has 0 N–H and O–H groups in total. The molecule has 5 rings (SSSR count). The van der Waals surface area contributed by atoms with E-state index in [2.05, 4.69) is 13.0 Å². The first kappa shape index (κ1) is 20.3. The molecule has 2 aliphatic heterocycles. The fraction of sp³-hybridized carbons (Fsp3) is 0.400. The first-order valence-electron chi connectivity index (χ1n) is 11.2. The van der Waals surface area contributed by atoms with Gasteiger partial charge in [-0.25, -0.2) is 4.98 Å². The van der Waals surface area contributed by atoms with E-state index in [4.69, 9.17) is 4.98 Å². The lowest BCUT2D eigenvalue weighted by atomic mass is 10.1. The van der Waals surface area contributed by atoms with Crippen molar-refractivity contribution in [2.75, 3.05) is 11.4 Å². The van der Waals surface area contributed by atoms with Crippen molar-refractivity contribution in [2.24, 2.45) is 0 Å². The lowest BCUT2D eigenvalue weighted by Crippen LogP contribution is -2.32. The minimum atomic E-state index is -0.0299. The number of carbonyl (C=O) groups excluding carboxylic acids is 1. The Morgan fingerprint density at radius 3 is 2.81 bits per heavy atom. The van der Waals surface area contributed by atoms with Gasteiger partial charge in [0.15, 0.2) is 0 Å². The number of nitrogens with zero attached hydrogens (tertiary/aromatic N) is 3. The number of para-hydroxylation sites is 1. The number of carbonyl (C=O) groups is 1. The zero-order chi connectivity index (χ0) is 21.4. The van der Waals surface area contributed by atoms with Crippen LogP contribution in [0.2, 0.25) is 0 Å². The molecule has 2 aliphatic rings. The van der Waals surface area contributed by atoms with Gasteiger partial charge < -0.3 is 4.90 Å². The van der Waals surface area contributed by atoms with Crippen molar-refractivity contribution in [2.45, 2.75) is 62.1 Å². The van der Waals surface area contributed by atoms with Gasteiger partial charge in [-0.15, -0.1) is 11.8 Å². The third-order valence-corrected chi connectivity index (χ3v) is 7.54. The predicted molar refractivity (Wildman–Crippen MR) is 126 cm³/mol. The van der Waals surface area contributed by atoms with E-state index in [-0.39, 0.29) is 11.5 Å². The Kier molecular flexibility index (Phi) is 5.57. The fourth-order valence-corrected chi connectivity index (χ4v) is 5.69. The molecule has 0 spiro atoms. The van der Waals surface area contributed by atoms with Gasteiger partial charge in [0.25, 0.3) is 11.5 Å². The van der Waals surface area contributed by atoms with E-state index in [1.165, 1.54) is 6.42 Å². The summed E-state index contributed by atoms with van der Waals surface area (Å²) >= 11 is 1.82. The van der Waals surface area contributed by atoms with E-state index in [0.717, 1.165) is 55.1 Å². The molecule has 0 radical (unpaired) electrons. The highest BCUT2D eigenvalue weighted by Crippen LogP contribution is 2.37. The van der Waals surface area contributed by atoms with Crippen LogP contribution in [0.1, 0.15) is 55.2 Å². The molecule has 0 aliphatic carbocycles. The molecule has 6 heteroatoms. The number of rotatable bonds is 1. The smallest absolute Gasteiger partial charge is 0.261 e. The highest BCUT2D eigenvalue weighted by molar-refractivity contribution is 8.00. The largest absolute Gasteiger partial charge is 0.307 e. The maximum Gasteiger partial charge on any atom is 0.261 e. The van der Waals surface area contributed by atoms with E-state index in [9.17, 15) is 9.59 Å². The van der Waals surface area contributed by atoms with Crippen LogP contribution in [0.3, 0.4) is 0 Å². The molecule has 1 amide bonds. The molecular weight excluding hydrogens is 406 g/mol. The number of aryl methyl sites for hydroxylation is 1. The maximum atomic E-state index is 13.5. The quantitative estimate of drug-likeness (QED) is 0.539. The number of thioether (sulfide) groups is 1. The Labute approximate surface area is 186 Å². The third-order valence-electron chi connectivity index (χ3n) is 6.30. The van der Waals surface area contributed by atoms with Crippen molar-refractivity contribution in [3.8, 4) is 0 Å². The second-order valence-corrected chi connectivity index (χ2v) is 10.0. The van der Waals surface area contributed by atoms with Crippen molar-refractivity contribution >= 4 is 34.3 Å². The van der Waals surface area contributed by atoms with Crippen molar-refractivity contribution in [3.63, 3.8) is 0 Å². The van der Waals surface area contributed by atoms with Crippen molar-refractivity contribution in [1.82, 2.24) is 9.55 Å². The molecule has 5 nitrogen and oxygen atoms in total. The van der Waals surface area contributed by atoms with Gasteiger partial charge in [-0.05, 0) is 49.6 Å². The lowest BCUT2D eigenvalue weighted by molar-refractivity contribution is 0.0986. The molecule has 3 aromatic rings. The van der Waals surface area contributed by atoms with Crippen molar-refractivity contribution in [1.29, 1.82) is 0 Å². The van der Waals surface area contributed by atoms with Gasteiger partial charge >= 0.3 is 0 Å². The third kappa shape index (κ3) is 3.89. The average Bonchev–Trinajstić information content (AvgIpc) is 2.92. The van der Waals surface area contributed by atoms with Crippen LogP contribution in [-0.2, 0) is 13.0 Å². The molecule has 31 heavy (non-hydrogen) atoms. The summed E-state index contributed by atoms with van der Waals surface area (Å²) in [5, 5.41) is 1.05. The predicted octanol–water partition coefficient (Wildman–Crippen LogP) is 5.04. The monoisotopic (exact) mass is 433 g/mol. The van der Waals surface area contributed by atoms with Crippen molar-refractivity contribution < 1.29 is 4.79 Å². The molecule has 1 aromatic heterocycles. The Morgan fingerprint density at radius 2 is 1.90 bits per heavy atom. The Hall–Kier alpha value is -2.60. The summed E-state index contributed by atoms with van der Waals surface area (Å²) in [4.78, 5) is 34.5. The number of benzene rings is 2. The number of hydrogen-bond acceptors (Lipinski definition) is 4. The Balaban J connectivity index is 1.55. The average molecular weight is 434 g/mol. The van der Waals surface area contributed by atoms with E-state index < -0.39 is 0 Å². The molecule has 1 unspecified atom stereocenters. The number of amides is 1. The minimum absolute atomic E-state index is 0.0197. The maximum absolute atomic E-state index is 13.5.